The lowest BCUT2D eigenvalue weighted by Crippen LogP contribution is -2.40. The summed E-state index contributed by atoms with van der Waals surface area (Å²) < 4.78 is 1.53. The average molecular weight is 252 g/mol. The maximum Gasteiger partial charge on any atom is 0.293 e. The van der Waals surface area contributed by atoms with Gasteiger partial charge in [0.15, 0.2) is 5.82 Å². The quantitative estimate of drug-likeness (QED) is 0.829. The minimum Gasteiger partial charge on any atom is -0.364 e. The van der Waals surface area contributed by atoms with Crippen LogP contribution in [0.25, 0.3) is 0 Å². The molecule has 1 rings (SSSR count). The van der Waals surface area contributed by atoms with Crippen molar-refractivity contribution in [3.05, 3.63) is 22.7 Å². The Morgan fingerprint density at radius 3 is 2.50 bits per heavy atom. The van der Waals surface area contributed by atoms with Crippen LogP contribution in [0.15, 0.2) is 17.2 Å². The molecule has 0 aromatic carbocycles. The van der Waals surface area contributed by atoms with Crippen molar-refractivity contribution in [3.8, 4) is 0 Å². The van der Waals surface area contributed by atoms with Gasteiger partial charge in [-0.3, -0.25) is 9.69 Å². The van der Waals surface area contributed by atoms with Gasteiger partial charge in [0, 0.05) is 44.6 Å². The highest BCUT2D eigenvalue weighted by atomic mass is 16.1. The predicted molar refractivity (Wildman–Crippen MR) is 74.9 cm³/mol. The van der Waals surface area contributed by atoms with Gasteiger partial charge in [0.2, 0.25) is 0 Å². The van der Waals surface area contributed by atoms with E-state index in [-0.39, 0.29) is 5.56 Å². The van der Waals surface area contributed by atoms with Crippen LogP contribution in [0.3, 0.4) is 0 Å². The zero-order valence-electron chi connectivity index (χ0n) is 12.0. The Morgan fingerprint density at radius 2 is 1.94 bits per heavy atom. The zero-order valence-corrected chi connectivity index (χ0v) is 12.0. The molecule has 0 saturated heterocycles. The molecule has 0 spiro atoms. The molecule has 0 aliphatic heterocycles. The van der Waals surface area contributed by atoms with Gasteiger partial charge in [-0.1, -0.05) is 0 Å². The number of hydrogen-bond donors (Lipinski definition) is 1. The lowest BCUT2D eigenvalue weighted by Gasteiger charge is -2.30. The molecule has 0 radical (unpaired) electrons. The smallest absolute Gasteiger partial charge is 0.293 e. The van der Waals surface area contributed by atoms with E-state index in [2.05, 4.69) is 42.9 Å². The second-order valence-corrected chi connectivity index (χ2v) is 5.04. The lowest BCUT2D eigenvalue weighted by atomic mass is 10.2. The molecule has 0 aliphatic carbocycles. The van der Waals surface area contributed by atoms with E-state index in [9.17, 15) is 4.79 Å². The van der Waals surface area contributed by atoms with Crippen molar-refractivity contribution in [2.24, 2.45) is 7.05 Å². The summed E-state index contributed by atoms with van der Waals surface area (Å²) in [5.41, 5.74) is -0.0851. The zero-order chi connectivity index (χ0) is 13.7. The molecule has 5 nitrogen and oxygen atoms in total. The first-order valence-corrected chi connectivity index (χ1v) is 6.44. The molecule has 0 fully saturated rings. The number of nitrogens with zero attached hydrogens (tertiary/aromatic N) is 3. The van der Waals surface area contributed by atoms with Crippen LogP contribution in [0, 0.1) is 0 Å². The molecule has 1 aromatic heterocycles. The Balaban J connectivity index is 2.56. The van der Waals surface area contributed by atoms with Crippen molar-refractivity contribution in [1.82, 2.24) is 14.5 Å². The molecule has 1 N–H and O–H groups in total. The SMILES string of the molecule is CC(C)N(CCNc1nccn(C)c1=O)C(C)C. The van der Waals surface area contributed by atoms with E-state index < -0.39 is 0 Å². The van der Waals surface area contributed by atoms with E-state index in [1.807, 2.05) is 0 Å². The molecule has 5 heteroatoms. The molecular weight excluding hydrogens is 228 g/mol. The minimum atomic E-state index is -0.0851. The summed E-state index contributed by atoms with van der Waals surface area (Å²) in [5.74, 6) is 0.424. The molecule has 1 heterocycles. The number of nitrogens with one attached hydrogen (secondary N) is 1. The van der Waals surface area contributed by atoms with Crippen LogP contribution in [0.5, 0.6) is 0 Å². The Bertz CT molecular complexity index is 417. The standard InChI is InChI=1S/C13H24N4O/c1-10(2)17(11(3)4)9-7-15-12-13(18)16(5)8-6-14-12/h6,8,10-11H,7,9H2,1-5H3,(H,14,15). The minimum absolute atomic E-state index is 0.0851. The summed E-state index contributed by atoms with van der Waals surface area (Å²) >= 11 is 0. The lowest BCUT2D eigenvalue weighted by molar-refractivity contribution is 0.182. The van der Waals surface area contributed by atoms with E-state index in [1.54, 1.807) is 19.4 Å². The van der Waals surface area contributed by atoms with Crippen molar-refractivity contribution < 1.29 is 0 Å². The third-order valence-corrected chi connectivity index (χ3v) is 3.01. The number of hydrogen-bond acceptors (Lipinski definition) is 4. The first-order valence-electron chi connectivity index (χ1n) is 6.44. The first kappa shape index (κ1) is 14.7. The Kier molecular flexibility index (Phi) is 5.34. The monoisotopic (exact) mass is 252 g/mol. The molecule has 18 heavy (non-hydrogen) atoms. The van der Waals surface area contributed by atoms with Gasteiger partial charge >= 0.3 is 0 Å². The normalized spacial score (nSPS) is 11.6. The molecule has 0 saturated carbocycles. The highest BCUT2D eigenvalue weighted by Gasteiger charge is 2.12. The molecule has 1 aromatic rings. The molecule has 0 atom stereocenters. The van der Waals surface area contributed by atoms with Gasteiger partial charge in [0.05, 0.1) is 0 Å². The summed E-state index contributed by atoms with van der Waals surface area (Å²) in [6.45, 7) is 10.3. The van der Waals surface area contributed by atoms with Crippen molar-refractivity contribution in [2.45, 2.75) is 39.8 Å². The van der Waals surface area contributed by atoms with Crippen LogP contribution in [0.4, 0.5) is 5.82 Å². The molecule has 102 valence electrons. The summed E-state index contributed by atoms with van der Waals surface area (Å²) in [4.78, 5) is 18.2. The maximum atomic E-state index is 11.7. The topological polar surface area (TPSA) is 50.2 Å². The third kappa shape index (κ3) is 3.84. The van der Waals surface area contributed by atoms with Crippen LogP contribution in [-0.4, -0.2) is 39.6 Å². The Morgan fingerprint density at radius 1 is 1.33 bits per heavy atom. The van der Waals surface area contributed by atoms with E-state index in [0.29, 0.717) is 17.9 Å². The van der Waals surface area contributed by atoms with E-state index in [1.165, 1.54) is 4.57 Å². The maximum absolute atomic E-state index is 11.7. The van der Waals surface area contributed by atoms with E-state index in [4.69, 9.17) is 0 Å². The Hall–Kier alpha value is -1.36. The molecule has 0 bridgehead atoms. The number of aryl methyl sites for hydroxylation is 1. The summed E-state index contributed by atoms with van der Waals surface area (Å²) in [6.07, 6.45) is 3.29. The summed E-state index contributed by atoms with van der Waals surface area (Å²) in [6, 6.07) is 0.997. The molecule has 0 amide bonds. The highest BCUT2D eigenvalue weighted by Crippen LogP contribution is 2.04. The summed E-state index contributed by atoms with van der Waals surface area (Å²) in [5, 5.41) is 3.11. The van der Waals surface area contributed by atoms with Crippen LogP contribution in [0.1, 0.15) is 27.7 Å². The second-order valence-electron chi connectivity index (χ2n) is 5.04. The van der Waals surface area contributed by atoms with Gasteiger partial charge in [0.1, 0.15) is 0 Å². The van der Waals surface area contributed by atoms with Crippen LogP contribution >= 0.6 is 0 Å². The Labute approximate surface area is 109 Å². The van der Waals surface area contributed by atoms with Crippen molar-refractivity contribution in [3.63, 3.8) is 0 Å². The second kappa shape index (κ2) is 6.54. The fourth-order valence-electron chi connectivity index (χ4n) is 2.04. The molecule has 0 unspecified atom stereocenters. The van der Waals surface area contributed by atoms with E-state index >= 15 is 0 Å². The molecule has 0 aliphatic rings. The van der Waals surface area contributed by atoms with Crippen LogP contribution in [-0.2, 0) is 7.05 Å². The summed E-state index contributed by atoms with van der Waals surface area (Å²) in [7, 11) is 1.73. The predicted octanol–water partition coefficient (Wildman–Crippen LogP) is 1.31. The van der Waals surface area contributed by atoms with Crippen molar-refractivity contribution in [1.29, 1.82) is 0 Å². The average Bonchev–Trinajstić information content (AvgIpc) is 2.28. The van der Waals surface area contributed by atoms with E-state index in [0.717, 1.165) is 13.1 Å². The first-order chi connectivity index (χ1) is 8.43. The van der Waals surface area contributed by atoms with Crippen molar-refractivity contribution in [2.75, 3.05) is 18.4 Å². The molecular formula is C13H24N4O. The van der Waals surface area contributed by atoms with Gasteiger partial charge in [0.25, 0.3) is 5.56 Å². The number of anilines is 1. The van der Waals surface area contributed by atoms with Crippen LogP contribution < -0.4 is 10.9 Å². The number of aromatic nitrogens is 2. The van der Waals surface area contributed by atoms with Crippen molar-refractivity contribution >= 4 is 5.82 Å². The van der Waals surface area contributed by atoms with Gasteiger partial charge in [-0.25, -0.2) is 4.98 Å². The van der Waals surface area contributed by atoms with Gasteiger partial charge in [-0.15, -0.1) is 0 Å². The van der Waals surface area contributed by atoms with Crippen LogP contribution in [0.2, 0.25) is 0 Å². The fraction of sp³-hybridized carbons (Fsp3) is 0.692. The largest absolute Gasteiger partial charge is 0.364 e. The number of rotatable bonds is 6. The fourth-order valence-corrected chi connectivity index (χ4v) is 2.04. The van der Waals surface area contributed by atoms with Gasteiger partial charge in [-0.2, -0.15) is 0 Å². The van der Waals surface area contributed by atoms with Gasteiger partial charge < -0.3 is 9.88 Å². The third-order valence-electron chi connectivity index (χ3n) is 3.01. The van der Waals surface area contributed by atoms with Gasteiger partial charge in [-0.05, 0) is 27.7 Å². The highest BCUT2D eigenvalue weighted by molar-refractivity contribution is 5.30.